The molecule has 0 bridgehead atoms. The predicted octanol–water partition coefficient (Wildman–Crippen LogP) is 3.71. The molecule has 1 fully saturated rings. The fourth-order valence-electron chi connectivity index (χ4n) is 3.65. The monoisotopic (exact) mass is 307 g/mol. The lowest BCUT2D eigenvalue weighted by molar-refractivity contribution is 0.399. The second-order valence-electron chi connectivity index (χ2n) is 6.04. The number of H-pyrrole nitrogens is 1. The minimum absolute atomic E-state index is 0.562. The van der Waals surface area contributed by atoms with E-state index < -0.39 is 0 Å². The maximum absolute atomic E-state index is 5.49. The Hall–Kier alpha value is -2.33. The first-order valence-electron chi connectivity index (χ1n) is 8.19. The van der Waals surface area contributed by atoms with Gasteiger partial charge in [-0.3, -0.25) is 0 Å². The van der Waals surface area contributed by atoms with E-state index in [0.717, 1.165) is 37.2 Å². The van der Waals surface area contributed by atoms with Crippen molar-refractivity contribution in [3.63, 3.8) is 0 Å². The molecule has 1 aliphatic rings. The molecule has 0 aliphatic carbocycles. The molecule has 2 aromatic heterocycles. The molecule has 3 aromatic rings. The molecule has 0 spiro atoms. The van der Waals surface area contributed by atoms with Gasteiger partial charge in [0.25, 0.3) is 0 Å². The van der Waals surface area contributed by atoms with E-state index in [-0.39, 0.29) is 0 Å². The normalized spacial score (nSPS) is 15.9. The van der Waals surface area contributed by atoms with Crippen LogP contribution in [0, 0.1) is 0 Å². The van der Waals surface area contributed by atoms with Crippen LogP contribution in [-0.2, 0) is 0 Å². The Labute approximate surface area is 135 Å². The topological polar surface area (TPSA) is 49.9 Å². The first-order chi connectivity index (χ1) is 11.4. The summed E-state index contributed by atoms with van der Waals surface area (Å²) in [7, 11) is 1.68. The van der Waals surface area contributed by atoms with E-state index in [2.05, 4.69) is 45.6 Å². The van der Waals surface area contributed by atoms with Crippen molar-refractivity contribution in [3.05, 3.63) is 48.2 Å². The molecule has 0 radical (unpaired) electrons. The van der Waals surface area contributed by atoms with Gasteiger partial charge in [0.1, 0.15) is 0 Å². The quantitative estimate of drug-likeness (QED) is 0.775. The van der Waals surface area contributed by atoms with Gasteiger partial charge in [0.05, 0.1) is 18.4 Å². The van der Waals surface area contributed by atoms with Crippen molar-refractivity contribution >= 4 is 10.9 Å². The lowest BCUT2D eigenvalue weighted by Crippen LogP contribution is -2.26. The van der Waals surface area contributed by atoms with Crippen LogP contribution in [0.4, 0.5) is 0 Å². The smallest absolute Gasteiger partial charge is 0.222 e. The van der Waals surface area contributed by atoms with Crippen molar-refractivity contribution in [1.29, 1.82) is 0 Å². The van der Waals surface area contributed by atoms with E-state index in [1.54, 1.807) is 13.3 Å². The van der Waals surface area contributed by atoms with Gasteiger partial charge in [0.2, 0.25) is 5.88 Å². The number of fused-ring (bicyclic) bond motifs is 1. The van der Waals surface area contributed by atoms with Gasteiger partial charge in [-0.15, -0.1) is 0 Å². The summed E-state index contributed by atoms with van der Waals surface area (Å²) in [6, 6.07) is 12.6. The summed E-state index contributed by atoms with van der Waals surface area (Å²) in [5.41, 5.74) is 4.79. The summed E-state index contributed by atoms with van der Waals surface area (Å²) < 4.78 is 5.49. The maximum Gasteiger partial charge on any atom is 0.222 e. The zero-order chi connectivity index (χ0) is 15.6. The number of methoxy groups -OCH3 is 1. The second kappa shape index (κ2) is 6.05. The molecule has 0 saturated carbocycles. The molecule has 1 aromatic carbocycles. The number of nitrogens with zero attached hydrogens (tertiary/aromatic N) is 1. The number of piperidine rings is 1. The van der Waals surface area contributed by atoms with Gasteiger partial charge in [-0.2, -0.15) is 0 Å². The number of pyridine rings is 1. The average Bonchev–Trinajstić information content (AvgIpc) is 3.01. The Morgan fingerprint density at radius 1 is 1.09 bits per heavy atom. The molecule has 3 heterocycles. The molecule has 1 aliphatic heterocycles. The van der Waals surface area contributed by atoms with Crippen molar-refractivity contribution in [3.8, 4) is 17.1 Å². The van der Waals surface area contributed by atoms with Gasteiger partial charge >= 0.3 is 0 Å². The lowest BCUT2D eigenvalue weighted by Gasteiger charge is -2.24. The number of hydrogen-bond acceptors (Lipinski definition) is 3. The molecule has 118 valence electrons. The highest BCUT2D eigenvalue weighted by Crippen LogP contribution is 2.41. The van der Waals surface area contributed by atoms with Crippen LogP contribution in [0.15, 0.2) is 42.6 Å². The Kier molecular flexibility index (Phi) is 3.75. The number of rotatable bonds is 3. The summed E-state index contributed by atoms with van der Waals surface area (Å²) >= 11 is 0. The van der Waals surface area contributed by atoms with Gasteiger partial charge in [0, 0.05) is 17.1 Å². The largest absolute Gasteiger partial charge is 0.481 e. The summed E-state index contributed by atoms with van der Waals surface area (Å²) in [6.45, 7) is 2.15. The predicted molar refractivity (Wildman–Crippen MR) is 92.9 cm³/mol. The highest BCUT2D eigenvalue weighted by Gasteiger charge is 2.24. The van der Waals surface area contributed by atoms with Crippen LogP contribution in [0.5, 0.6) is 5.88 Å². The van der Waals surface area contributed by atoms with Crippen LogP contribution < -0.4 is 10.1 Å². The summed E-state index contributed by atoms with van der Waals surface area (Å²) in [4.78, 5) is 7.99. The maximum atomic E-state index is 5.49. The van der Waals surface area contributed by atoms with Crippen LogP contribution >= 0.6 is 0 Å². The van der Waals surface area contributed by atoms with Gasteiger partial charge in [0.15, 0.2) is 0 Å². The van der Waals surface area contributed by atoms with E-state index in [1.165, 1.54) is 16.5 Å². The number of aromatic nitrogens is 2. The van der Waals surface area contributed by atoms with Crippen LogP contribution in [-0.4, -0.2) is 30.2 Å². The lowest BCUT2D eigenvalue weighted by atomic mass is 9.87. The van der Waals surface area contributed by atoms with Crippen LogP contribution in [0.25, 0.3) is 22.2 Å². The van der Waals surface area contributed by atoms with E-state index in [1.807, 2.05) is 6.07 Å². The third-order valence-electron chi connectivity index (χ3n) is 4.73. The number of ether oxygens (including phenoxy) is 1. The standard InChI is InChI=1S/C19H21N3O/c1-23-19-15(6-4-10-21-19)18-17(13-8-11-20-12-9-13)14-5-2-3-7-16(14)22-18/h2-7,10,13,20,22H,8-9,11-12H2,1H3. The zero-order valence-electron chi connectivity index (χ0n) is 13.3. The molecule has 4 heteroatoms. The van der Waals surface area contributed by atoms with Crippen LogP contribution in [0.1, 0.15) is 24.3 Å². The highest BCUT2D eigenvalue weighted by atomic mass is 16.5. The minimum Gasteiger partial charge on any atom is -0.481 e. The minimum atomic E-state index is 0.562. The molecule has 0 amide bonds. The van der Waals surface area contributed by atoms with Crippen LogP contribution in [0.2, 0.25) is 0 Å². The van der Waals surface area contributed by atoms with Gasteiger partial charge in [-0.1, -0.05) is 18.2 Å². The Balaban J connectivity index is 1.94. The molecule has 4 nitrogen and oxygen atoms in total. The molecule has 4 rings (SSSR count). The fourth-order valence-corrected chi connectivity index (χ4v) is 3.65. The Morgan fingerprint density at radius 3 is 2.74 bits per heavy atom. The van der Waals surface area contributed by atoms with Crippen molar-refractivity contribution in [1.82, 2.24) is 15.3 Å². The molecular weight excluding hydrogens is 286 g/mol. The second-order valence-corrected chi connectivity index (χ2v) is 6.04. The average molecular weight is 307 g/mol. The summed E-state index contributed by atoms with van der Waals surface area (Å²) in [5.74, 6) is 1.24. The first-order valence-corrected chi connectivity index (χ1v) is 8.19. The number of nitrogens with one attached hydrogen (secondary N) is 2. The number of para-hydroxylation sites is 1. The van der Waals surface area contributed by atoms with Crippen LogP contribution in [0.3, 0.4) is 0 Å². The van der Waals surface area contributed by atoms with E-state index in [0.29, 0.717) is 11.8 Å². The highest BCUT2D eigenvalue weighted by molar-refractivity contribution is 5.92. The molecule has 2 N–H and O–H groups in total. The Bertz CT molecular complexity index is 818. The van der Waals surface area contributed by atoms with Crippen molar-refractivity contribution in [2.24, 2.45) is 0 Å². The molecular formula is C19H21N3O. The summed E-state index contributed by atoms with van der Waals surface area (Å²) in [5, 5.41) is 4.78. The van der Waals surface area contributed by atoms with Gasteiger partial charge < -0.3 is 15.0 Å². The Morgan fingerprint density at radius 2 is 1.91 bits per heavy atom. The van der Waals surface area contributed by atoms with E-state index >= 15 is 0 Å². The molecule has 0 atom stereocenters. The SMILES string of the molecule is COc1ncccc1-c1[nH]c2ccccc2c1C1CCNCC1. The third kappa shape index (κ3) is 2.49. The third-order valence-corrected chi connectivity index (χ3v) is 4.73. The van der Waals surface area contributed by atoms with Gasteiger partial charge in [-0.25, -0.2) is 4.98 Å². The molecule has 23 heavy (non-hydrogen) atoms. The van der Waals surface area contributed by atoms with Gasteiger partial charge in [-0.05, 0) is 55.6 Å². The fraction of sp³-hybridized carbons (Fsp3) is 0.316. The summed E-state index contributed by atoms with van der Waals surface area (Å²) in [6.07, 6.45) is 4.10. The number of hydrogen-bond donors (Lipinski definition) is 2. The van der Waals surface area contributed by atoms with E-state index in [4.69, 9.17) is 4.74 Å². The first kappa shape index (κ1) is 14.3. The van der Waals surface area contributed by atoms with E-state index in [9.17, 15) is 0 Å². The number of benzene rings is 1. The van der Waals surface area contributed by atoms with Crippen molar-refractivity contribution in [2.75, 3.05) is 20.2 Å². The van der Waals surface area contributed by atoms with Crippen molar-refractivity contribution in [2.45, 2.75) is 18.8 Å². The molecule has 0 unspecified atom stereocenters. The molecule has 1 saturated heterocycles. The number of aromatic amines is 1. The zero-order valence-corrected chi connectivity index (χ0v) is 13.3. The van der Waals surface area contributed by atoms with Crippen molar-refractivity contribution < 1.29 is 4.74 Å².